The van der Waals surface area contributed by atoms with E-state index < -0.39 is 0 Å². The third-order valence-corrected chi connectivity index (χ3v) is 5.49. The standard InChI is InChI=1S/C22H27N5O2/c1-4-23-18-6-5-9-24-21(18)26-10-12-27(13-11-26)22(28)20-15-16-14-17(29-3)7-8-19(16)25(20)2/h5-9,14-15,23H,4,10-13H2,1-3H3. The van der Waals surface area contributed by atoms with Crippen molar-refractivity contribution in [2.24, 2.45) is 7.05 Å². The summed E-state index contributed by atoms with van der Waals surface area (Å²) in [6.07, 6.45) is 1.82. The van der Waals surface area contributed by atoms with E-state index in [0.29, 0.717) is 18.8 Å². The Bertz CT molecular complexity index is 1020. The molecule has 4 rings (SSSR count). The molecule has 1 aromatic carbocycles. The summed E-state index contributed by atoms with van der Waals surface area (Å²) in [6, 6.07) is 11.8. The van der Waals surface area contributed by atoms with Gasteiger partial charge in [0.15, 0.2) is 5.82 Å². The first kappa shape index (κ1) is 19.1. The Hall–Kier alpha value is -3.22. The number of aromatic nitrogens is 2. The van der Waals surface area contributed by atoms with E-state index in [-0.39, 0.29) is 5.91 Å². The van der Waals surface area contributed by atoms with Crippen molar-refractivity contribution in [3.05, 3.63) is 48.3 Å². The van der Waals surface area contributed by atoms with Crippen LogP contribution in [0.5, 0.6) is 5.75 Å². The maximum atomic E-state index is 13.2. The molecular weight excluding hydrogens is 366 g/mol. The zero-order chi connectivity index (χ0) is 20.4. The van der Waals surface area contributed by atoms with Gasteiger partial charge in [0.2, 0.25) is 0 Å². The zero-order valence-corrected chi connectivity index (χ0v) is 17.2. The van der Waals surface area contributed by atoms with Gasteiger partial charge < -0.3 is 24.4 Å². The minimum atomic E-state index is 0.0650. The van der Waals surface area contributed by atoms with Crippen LogP contribution in [0.4, 0.5) is 11.5 Å². The van der Waals surface area contributed by atoms with Gasteiger partial charge in [0.1, 0.15) is 11.4 Å². The lowest BCUT2D eigenvalue weighted by Gasteiger charge is -2.36. The quantitative estimate of drug-likeness (QED) is 0.722. The number of benzene rings is 1. The first-order valence-electron chi connectivity index (χ1n) is 9.99. The van der Waals surface area contributed by atoms with Gasteiger partial charge in [-0.1, -0.05) is 0 Å². The minimum absolute atomic E-state index is 0.0650. The normalized spacial score (nSPS) is 14.3. The molecule has 2 aromatic heterocycles. The third-order valence-electron chi connectivity index (χ3n) is 5.49. The summed E-state index contributed by atoms with van der Waals surface area (Å²) in [6.45, 7) is 5.80. The van der Waals surface area contributed by atoms with Crippen molar-refractivity contribution in [3.63, 3.8) is 0 Å². The summed E-state index contributed by atoms with van der Waals surface area (Å²) in [4.78, 5) is 21.9. The van der Waals surface area contributed by atoms with Crippen LogP contribution in [-0.4, -0.2) is 60.2 Å². The van der Waals surface area contributed by atoms with Crippen molar-refractivity contribution in [1.29, 1.82) is 0 Å². The van der Waals surface area contributed by atoms with Crippen LogP contribution < -0.4 is 15.0 Å². The van der Waals surface area contributed by atoms with Crippen LogP contribution in [0.2, 0.25) is 0 Å². The molecular formula is C22H27N5O2. The third kappa shape index (κ3) is 3.60. The van der Waals surface area contributed by atoms with Crippen molar-refractivity contribution in [1.82, 2.24) is 14.5 Å². The Balaban J connectivity index is 1.50. The monoisotopic (exact) mass is 393 g/mol. The summed E-state index contributed by atoms with van der Waals surface area (Å²) < 4.78 is 7.27. The van der Waals surface area contributed by atoms with Crippen molar-refractivity contribution in [3.8, 4) is 5.75 Å². The molecule has 0 bridgehead atoms. The molecule has 3 aromatic rings. The number of fused-ring (bicyclic) bond motifs is 1. The first-order valence-corrected chi connectivity index (χ1v) is 9.99. The molecule has 1 aliphatic rings. The average molecular weight is 393 g/mol. The topological polar surface area (TPSA) is 62.6 Å². The molecule has 0 radical (unpaired) electrons. The Morgan fingerprint density at radius 2 is 1.97 bits per heavy atom. The highest BCUT2D eigenvalue weighted by molar-refractivity contribution is 5.99. The summed E-state index contributed by atoms with van der Waals surface area (Å²) in [5, 5.41) is 4.38. The lowest BCUT2D eigenvalue weighted by atomic mass is 10.2. The van der Waals surface area contributed by atoms with E-state index in [2.05, 4.69) is 22.1 Å². The van der Waals surface area contributed by atoms with Crippen LogP contribution in [0, 0.1) is 0 Å². The van der Waals surface area contributed by atoms with E-state index in [0.717, 1.165) is 47.8 Å². The number of piperazine rings is 1. The van der Waals surface area contributed by atoms with E-state index in [1.165, 1.54) is 0 Å². The number of ether oxygens (including phenoxy) is 1. The molecule has 0 saturated carbocycles. The molecule has 1 aliphatic heterocycles. The number of pyridine rings is 1. The lowest BCUT2D eigenvalue weighted by molar-refractivity contribution is 0.0737. The van der Waals surface area contributed by atoms with Crippen LogP contribution in [0.1, 0.15) is 17.4 Å². The molecule has 0 aliphatic carbocycles. The highest BCUT2D eigenvalue weighted by Gasteiger charge is 2.26. The zero-order valence-electron chi connectivity index (χ0n) is 17.2. The van der Waals surface area contributed by atoms with Gasteiger partial charge in [-0.25, -0.2) is 4.98 Å². The second-order valence-electron chi connectivity index (χ2n) is 7.20. The number of nitrogens with one attached hydrogen (secondary N) is 1. The molecule has 7 nitrogen and oxygen atoms in total. The predicted molar refractivity (Wildman–Crippen MR) is 116 cm³/mol. The van der Waals surface area contributed by atoms with Gasteiger partial charge in [-0.3, -0.25) is 4.79 Å². The minimum Gasteiger partial charge on any atom is -0.497 e. The van der Waals surface area contributed by atoms with Gasteiger partial charge in [-0.05, 0) is 43.3 Å². The number of rotatable bonds is 5. The number of hydrogen-bond donors (Lipinski definition) is 1. The van der Waals surface area contributed by atoms with Crippen LogP contribution in [-0.2, 0) is 7.05 Å². The van der Waals surface area contributed by atoms with E-state index in [1.54, 1.807) is 7.11 Å². The molecule has 1 amide bonds. The second kappa shape index (κ2) is 8.03. The number of anilines is 2. The van der Waals surface area contributed by atoms with Crippen molar-refractivity contribution >= 4 is 28.3 Å². The fourth-order valence-corrected chi connectivity index (χ4v) is 3.92. The summed E-state index contributed by atoms with van der Waals surface area (Å²) in [5.74, 6) is 1.82. The Labute approximate surface area is 170 Å². The van der Waals surface area contributed by atoms with E-state index >= 15 is 0 Å². The molecule has 152 valence electrons. The van der Waals surface area contributed by atoms with Gasteiger partial charge in [0.05, 0.1) is 12.8 Å². The van der Waals surface area contributed by atoms with Gasteiger partial charge in [0, 0.05) is 56.9 Å². The highest BCUT2D eigenvalue weighted by Crippen LogP contribution is 2.26. The summed E-state index contributed by atoms with van der Waals surface area (Å²) in [5.41, 5.74) is 2.77. The number of methoxy groups -OCH3 is 1. The van der Waals surface area contributed by atoms with Crippen molar-refractivity contribution in [2.45, 2.75) is 6.92 Å². The molecule has 3 heterocycles. The Morgan fingerprint density at radius 1 is 1.17 bits per heavy atom. The Morgan fingerprint density at radius 3 is 2.69 bits per heavy atom. The van der Waals surface area contributed by atoms with Crippen molar-refractivity contribution in [2.75, 3.05) is 50.1 Å². The van der Waals surface area contributed by atoms with E-state index in [4.69, 9.17) is 4.74 Å². The van der Waals surface area contributed by atoms with Gasteiger partial charge in [-0.2, -0.15) is 0 Å². The predicted octanol–water partition coefficient (Wildman–Crippen LogP) is 2.98. The molecule has 7 heteroatoms. The molecule has 0 unspecified atom stereocenters. The van der Waals surface area contributed by atoms with Gasteiger partial charge in [-0.15, -0.1) is 0 Å². The fourth-order valence-electron chi connectivity index (χ4n) is 3.92. The number of carbonyl (C=O) groups excluding carboxylic acids is 1. The fraction of sp³-hybridized carbons (Fsp3) is 0.364. The van der Waals surface area contributed by atoms with Crippen LogP contribution in [0.3, 0.4) is 0 Å². The molecule has 0 atom stereocenters. The largest absolute Gasteiger partial charge is 0.497 e. The smallest absolute Gasteiger partial charge is 0.270 e. The number of aryl methyl sites for hydroxylation is 1. The summed E-state index contributed by atoms with van der Waals surface area (Å²) >= 11 is 0. The van der Waals surface area contributed by atoms with E-state index in [1.807, 2.05) is 59.1 Å². The van der Waals surface area contributed by atoms with Crippen LogP contribution >= 0.6 is 0 Å². The molecule has 29 heavy (non-hydrogen) atoms. The highest BCUT2D eigenvalue weighted by atomic mass is 16.5. The molecule has 1 fully saturated rings. The van der Waals surface area contributed by atoms with Crippen molar-refractivity contribution < 1.29 is 9.53 Å². The number of hydrogen-bond acceptors (Lipinski definition) is 5. The number of amides is 1. The summed E-state index contributed by atoms with van der Waals surface area (Å²) in [7, 11) is 3.59. The number of nitrogens with zero attached hydrogens (tertiary/aromatic N) is 4. The SMILES string of the molecule is CCNc1cccnc1N1CCN(C(=O)c2cc3cc(OC)ccc3n2C)CC1. The van der Waals surface area contributed by atoms with Crippen LogP contribution in [0.15, 0.2) is 42.6 Å². The Kier molecular flexibility index (Phi) is 5.29. The second-order valence-corrected chi connectivity index (χ2v) is 7.20. The van der Waals surface area contributed by atoms with E-state index in [9.17, 15) is 4.79 Å². The van der Waals surface area contributed by atoms with Gasteiger partial charge >= 0.3 is 0 Å². The molecule has 1 saturated heterocycles. The average Bonchev–Trinajstić information content (AvgIpc) is 3.09. The van der Waals surface area contributed by atoms with Gasteiger partial charge in [0.25, 0.3) is 5.91 Å². The number of carbonyl (C=O) groups is 1. The molecule has 1 N–H and O–H groups in total. The lowest BCUT2D eigenvalue weighted by Crippen LogP contribution is -2.49. The maximum Gasteiger partial charge on any atom is 0.270 e. The first-order chi connectivity index (χ1) is 14.1. The molecule has 0 spiro atoms. The van der Waals surface area contributed by atoms with Crippen LogP contribution in [0.25, 0.3) is 10.9 Å². The maximum absolute atomic E-state index is 13.2.